The number of carbonyl (C=O) groups excluding carboxylic acids is 1. The number of phenolic OH excluding ortho intramolecular Hbond substituents is 1. The van der Waals surface area contributed by atoms with E-state index in [-0.39, 0.29) is 25.1 Å². The number of rotatable bonds is 1. The van der Waals surface area contributed by atoms with Crippen molar-refractivity contribution in [1.82, 2.24) is 0 Å². The Kier molecular flexibility index (Phi) is 2.56. The standard InChI is InChI=1S/C19H12O5/c20-12-4-1-10(2-5-12)16-14-8-22-19(21)13(14)7-11-3-6-15-18(17(11)16)24-9-23-15/h1-7,20H,8-9H2. The number of esters is 1. The highest BCUT2D eigenvalue weighted by molar-refractivity contribution is 6.10. The highest BCUT2D eigenvalue weighted by Gasteiger charge is 2.29. The third-order valence-electron chi connectivity index (χ3n) is 4.47. The van der Waals surface area contributed by atoms with E-state index < -0.39 is 0 Å². The minimum absolute atomic E-state index is 0.177. The van der Waals surface area contributed by atoms with E-state index in [4.69, 9.17) is 14.2 Å². The molecule has 118 valence electrons. The van der Waals surface area contributed by atoms with Crippen molar-refractivity contribution in [3.05, 3.63) is 53.6 Å². The van der Waals surface area contributed by atoms with Crippen LogP contribution in [0.25, 0.3) is 21.9 Å². The number of fused-ring (bicyclic) bond motifs is 4. The van der Waals surface area contributed by atoms with Gasteiger partial charge in [-0.1, -0.05) is 18.2 Å². The molecular weight excluding hydrogens is 308 g/mol. The van der Waals surface area contributed by atoms with E-state index in [0.29, 0.717) is 17.1 Å². The molecule has 0 saturated carbocycles. The lowest BCUT2D eigenvalue weighted by Crippen LogP contribution is -1.97. The molecule has 0 fully saturated rings. The topological polar surface area (TPSA) is 65.0 Å². The number of cyclic esters (lactones) is 1. The Morgan fingerprint density at radius 2 is 1.79 bits per heavy atom. The fourth-order valence-corrected chi connectivity index (χ4v) is 3.39. The largest absolute Gasteiger partial charge is 0.508 e. The van der Waals surface area contributed by atoms with Crippen molar-refractivity contribution in [1.29, 1.82) is 0 Å². The number of hydrogen-bond donors (Lipinski definition) is 1. The summed E-state index contributed by atoms with van der Waals surface area (Å²) < 4.78 is 16.4. The number of hydrogen-bond acceptors (Lipinski definition) is 5. The predicted octanol–water partition coefficient (Wildman–Crippen LogP) is 3.61. The highest BCUT2D eigenvalue weighted by Crippen LogP contribution is 2.47. The number of aromatic hydroxyl groups is 1. The molecular formula is C19H12O5. The maximum atomic E-state index is 12.1. The molecule has 0 aliphatic carbocycles. The van der Waals surface area contributed by atoms with Crippen LogP contribution < -0.4 is 9.47 Å². The number of benzene rings is 3. The van der Waals surface area contributed by atoms with E-state index in [1.54, 1.807) is 12.1 Å². The fraction of sp³-hybridized carbons (Fsp3) is 0.105. The van der Waals surface area contributed by atoms with Gasteiger partial charge in [0.05, 0.1) is 5.56 Å². The van der Waals surface area contributed by atoms with Gasteiger partial charge in [-0.2, -0.15) is 0 Å². The third-order valence-corrected chi connectivity index (χ3v) is 4.47. The summed E-state index contributed by atoms with van der Waals surface area (Å²) in [6.45, 7) is 0.404. The molecule has 1 N–H and O–H groups in total. The van der Waals surface area contributed by atoms with Crippen molar-refractivity contribution in [2.24, 2.45) is 0 Å². The summed E-state index contributed by atoms with van der Waals surface area (Å²) in [6, 6.07) is 12.5. The summed E-state index contributed by atoms with van der Waals surface area (Å²) in [5, 5.41) is 11.4. The smallest absolute Gasteiger partial charge is 0.338 e. The van der Waals surface area contributed by atoms with Gasteiger partial charge in [0.2, 0.25) is 6.79 Å². The van der Waals surface area contributed by atoms with Crippen LogP contribution in [0, 0.1) is 0 Å². The van der Waals surface area contributed by atoms with E-state index in [2.05, 4.69) is 0 Å². The molecule has 0 radical (unpaired) electrons. The number of carbonyl (C=O) groups is 1. The maximum Gasteiger partial charge on any atom is 0.338 e. The predicted molar refractivity (Wildman–Crippen MR) is 86.3 cm³/mol. The minimum atomic E-state index is -0.315. The number of phenols is 1. The van der Waals surface area contributed by atoms with Gasteiger partial charge in [-0.05, 0) is 35.2 Å². The molecule has 5 rings (SSSR count). The Balaban J connectivity index is 1.93. The molecule has 0 unspecified atom stereocenters. The molecule has 0 saturated heterocycles. The van der Waals surface area contributed by atoms with Crippen LogP contribution in [0.2, 0.25) is 0 Å². The molecule has 24 heavy (non-hydrogen) atoms. The zero-order valence-electron chi connectivity index (χ0n) is 12.5. The van der Waals surface area contributed by atoms with Crippen LogP contribution in [0.15, 0.2) is 42.5 Å². The lowest BCUT2D eigenvalue weighted by atomic mass is 9.90. The first-order valence-electron chi connectivity index (χ1n) is 7.57. The molecule has 3 aromatic rings. The second-order valence-corrected chi connectivity index (χ2v) is 5.80. The van der Waals surface area contributed by atoms with Crippen molar-refractivity contribution in [2.45, 2.75) is 6.61 Å². The van der Waals surface area contributed by atoms with Gasteiger partial charge in [0.25, 0.3) is 0 Å². The van der Waals surface area contributed by atoms with Crippen molar-refractivity contribution in [2.75, 3.05) is 6.79 Å². The molecule has 2 aliphatic rings. The van der Waals surface area contributed by atoms with Crippen molar-refractivity contribution in [3.8, 4) is 28.4 Å². The van der Waals surface area contributed by atoms with E-state index in [0.717, 1.165) is 27.5 Å². The Bertz CT molecular complexity index is 1000. The summed E-state index contributed by atoms with van der Waals surface area (Å²) in [5.41, 5.74) is 3.18. The Hall–Kier alpha value is -3.21. The normalized spacial score (nSPS) is 14.8. The minimum Gasteiger partial charge on any atom is -0.508 e. The van der Waals surface area contributed by atoms with Gasteiger partial charge < -0.3 is 19.3 Å². The lowest BCUT2D eigenvalue weighted by molar-refractivity contribution is 0.0535. The van der Waals surface area contributed by atoms with Crippen LogP contribution in [-0.2, 0) is 11.3 Å². The molecule has 0 amide bonds. The van der Waals surface area contributed by atoms with Crippen molar-refractivity contribution < 1.29 is 24.1 Å². The van der Waals surface area contributed by atoms with Crippen LogP contribution in [0.3, 0.4) is 0 Å². The van der Waals surface area contributed by atoms with E-state index in [1.165, 1.54) is 0 Å². The molecule has 0 aromatic heterocycles. The molecule has 0 atom stereocenters. The quantitative estimate of drug-likeness (QED) is 0.694. The van der Waals surface area contributed by atoms with Crippen LogP contribution in [0.1, 0.15) is 15.9 Å². The zero-order valence-corrected chi connectivity index (χ0v) is 12.5. The van der Waals surface area contributed by atoms with E-state index in [1.807, 2.05) is 30.3 Å². The highest BCUT2D eigenvalue weighted by atomic mass is 16.7. The van der Waals surface area contributed by atoms with Gasteiger partial charge in [-0.3, -0.25) is 0 Å². The Morgan fingerprint density at radius 3 is 2.62 bits per heavy atom. The molecule has 5 heteroatoms. The first kappa shape index (κ1) is 13.2. The maximum absolute atomic E-state index is 12.1. The van der Waals surface area contributed by atoms with Crippen molar-refractivity contribution >= 4 is 16.7 Å². The average molecular weight is 320 g/mol. The van der Waals surface area contributed by atoms with Gasteiger partial charge in [-0.15, -0.1) is 0 Å². The first-order valence-corrected chi connectivity index (χ1v) is 7.57. The second kappa shape index (κ2) is 4.64. The van der Waals surface area contributed by atoms with E-state index >= 15 is 0 Å². The van der Waals surface area contributed by atoms with Gasteiger partial charge in [0, 0.05) is 16.5 Å². The third kappa shape index (κ3) is 1.72. The molecule has 5 nitrogen and oxygen atoms in total. The van der Waals surface area contributed by atoms with Gasteiger partial charge in [0.15, 0.2) is 11.5 Å². The van der Waals surface area contributed by atoms with E-state index in [9.17, 15) is 9.90 Å². The summed E-state index contributed by atoms with van der Waals surface area (Å²) in [6.07, 6.45) is 0. The summed E-state index contributed by atoms with van der Waals surface area (Å²) >= 11 is 0. The summed E-state index contributed by atoms with van der Waals surface area (Å²) in [4.78, 5) is 12.1. The van der Waals surface area contributed by atoms with Crippen LogP contribution in [0.5, 0.6) is 17.2 Å². The number of ether oxygens (including phenoxy) is 3. The van der Waals surface area contributed by atoms with Crippen LogP contribution >= 0.6 is 0 Å². The molecule has 2 heterocycles. The molecule has 2 aliphatic heterocycles. The lowest BCUT2D eigenvalue weighted by Gasteiger charge is -2.13. The van der Waals surface area contributed by atoms with Crippen molar-refractivity contribution in [3.63, 3.8) is 0 Å². The van der Waals surface area contributed by atoms with Gasteiger partial charge in [0.1, 0.15) is 12.4 Å². The van der Waals surface area contributed by atoms with Gasteiger partial charge in [-0.25, -0.2) is 4.79 Å². The van der Waals surface area contributed by atoms with Crippen LogP contribution in [-0.4, -0.2) is 17.9 Å². The first-order chi connectivity index (χ1) is 11.7. The summed E-state index contributed by atoms with van der Waals surface area (Å²) in [7, 11) is 0. The SMILES string of the molecule is O=C1OCc2c1cc1ccc3c(c1c2-c1ccc(O)cc1)OCO3. The Labute approximate surface area is 137 Å². The Morgan fingerprint density at radius 1 is 0.958 bits per heavy atom. The monoisotopic (exact) mass is 320 g/mol. The fourth-order valence-electron chi connectivity index (χ4n) is 3.39. The second-order valence-electron chi connectivity index (χ2n) is 5.80. The average Bonchev–Trinajstić information content (AvgIpc) is 3.21. The zero-order chi connectivity index (χ0) is 16.3. The summed E-state index contributed by atoms with van der Waals surface area (Å²) in [5.74, 6) is 1.24. The molecule has 0 spiro atoms. The van der Waals surface area contributed by atoms with Crippen LogP contribution in [0.4, 0.5) is 0 Å². The molecule has 3 aromatic carbocycles. The van der Waals surface area contributed by atoms with Gasteiger partial charge >= 0.3 is 5.97 Å². The molecule has 0 bridgehead atoms.